The van der Waals surface area contributed by atoms with Crippen LogP contribution in [0.25, 0.3) is 10.9 Å². The van der Waals surface area contributed by atoms with Gasteiger partial charge in [0, 0.05) is 40.2 Å². The molecule has 2 rings (SSSR count). The SMILES string of the molecule is CCN(CC)C(=O)Cn1cc(C=O)c2cc(Br)ccc21. The molecule has 0 radical (unpaired) electrons. The highest BCUT2D eigenvalue weighted by Gasteiger charge is 2.14. The average Bonchev–Trinajstić information content (AvgIpc) is 2.77. The summed E-state index contributed by atoms with van der Waals surface area (Å²) in [6.45, 7) is 5.57. The molecular weight excluding hydrogens is 320 g/mol. The maximum absolute atomic E-state index is 12.2. The third kappa shape index (κ3) is 2.77. The van der Waals surface area contributed by atoms with E-state index < -0.39 is 0 Å². The molecule has 1 heterocycles. The lowest BCUT2D eigenvalue weighted by atomic mass is 10.2. The van der Waals surface area contributed by atoms with Crippen LogP contribution < -0.4 is 0 Å². The zero-order valence-electron chi connectivity index (χ0n) is 11.6. The molecule has 0 atom stereocenters. The molecule has 0 N–H and O–H groups in total. The quantitative estimate of drug-likeness (QED) is 0.787. The number of aldehydes is 1. The molecule has 0 bridgehead atoms. The molecule has 0 saturated carbocycles. The largest absolute Gasteiger partial charge is 0.342 e. The van der Waals surface area contributed by atoms with Crippen LogP contribution >= 0.6 is 15.9 Å². The Morgan fingerprint density at radius 3 is 2.65 bits per heavy atom. The van der Waals surface area contributed by atoms with E-state index in [1.54, 1.807) is 11.1 Å². The van der Waals surface area contributed by atoms with Gasteiger partial charge in [0.15, 0.2) is 6.29 Å². The van der Waals surface area contributed by atoms with E-state index in [9.17, 15) is 9.59 Å². The van der Waals surface area contributed by atoms with Crippen molar-refractivity contribution < 1.29 is 9.59 Å². The minimum Gasteiger partial charge on any atom is -0.342 e. The van der Waals surface area contributed by atoms with E-state index in [0.717, 1.165) is 21.7 Å². The first kappa shape index (κ1) is 14.8. The number of rotatable bonds is 5. The summed E-state index contributed by atoms with van der Waals surface area (Å²) in [5.41, 5.74) is 1.50. The van der Waals surface area contributed by atoms with Gasteiger partial charge in [-0.05, 0) is 32.0 Å². The average molecular weight is 337 g/mol. The van der Waals surface area contributed by atoms with E-state index in [1.165, 1.54) is 0 Å². The Morgan fingerprint density at radius 2 is 2.05 bits per heavy atom. The van der Waals surface area contributed by atoms with Gasteiger partial charge in [-0.2, -0.15) is 0 Å². The van der Waals surface area contributed by atoms with E-state index in [-0.39, 0.29) is 12.5 Å². The normalized spacial score (nSPS) is 10.8. The van der Waals surface area contributed by atoms with Gasteiger partial charge in [0.1, 0.15) is 6.54 Å². The first-order valence-corrected chi connectivity index (χ1v) is 7.41. The summed E-state index contributed by atoms with van der Waals surface area (Å²) in [5, 5.41) is 0.863. The van der Waals surface area contributed by atoms with Gasteiger partial charge in [-0.3, -0.25) is 9.59 Å². The van der Waals surface area contributed by atoms with Gasteiger partial charge >= 0.3 is 0 Å². The minimum absolute atomic E-state index is 0.0623. The summed E-state index contributed by atoms with van der Waals surface area (Å²) in [4.78, 5) is 25.1. The number of carbonyl (C=O) groups is 2. The van der Waals surface area contributed by atoms with Crippen LogP contribution in [0.4, 0.5) is 0 Å². The van der Waals surface area contributed by atoms with Crippen molar-refractivity contribution in [1.82, 2.24) is 9.47 Å². The molecule has 106 valence electrons. The Morgan fingerprint density at radius 1 is 1.35 bits per heavy atom. The highest BCUT2D eigenvalue weighted by Crippen LogP contribution is 2.24. The second-order valence-corrected chi connectivity index (χ2v) is 5.47. The van der Waals surface area contributed by atoms with Crippen molar-refractivity contribution in [2.24, 2.45) is 0 Å². The molecule has 4 nitrogen and oxygen atoms in total. The molecule has 20 heavy (non-hydrogen) atoms. The zero-order valence-corrected chi connectivity index (χ0v) is 13.2. The van der Waals surface area contributed by atoms with Crippen LogP contribution in [0.3, 0.4) is 0 Å². The van der Waals surface area contributed by atoms with Crippen LogP contribution in [0, 0.1) is 0 Å². The van der Waals surface area contributed by atoms with Crippen molar-refractivity contribution >= 4 is 39.0 Å². The predicted octanol–water partition coefficient (Wildman–Crippen LogP) is 3.08. The zero-order chi connectivity index (χ0) is 14.7. The van der Waals surface area contributed by atoms with Crippen molar-refractivity contribution in [3.63, 3.8) is 0 Å². The summed E-state index contributed by atoms with van der Waals surface area (Å²) >= 11 is 3.40. The van der Waals surface area contributed by atoms with Gasteiger partial charge in [-0.15, -0.1) is 0 Å². The molecule has 1 aromatic carbocycles. The molecule has 5 heteroatoms. The van der Waals surface area contributed by atoms with Crippen molar-refractivity contribution in [1.29, 1.82) is 0 Å². The fraction of sp³-hybridized carbons (Fsp3) is 0.333. The molecule has 0 saturated heterocycles. The number of aromatic nitrogens is 1. The Hall–Kier alpha value is -1.62. The number of halogens is 1. The molecule has 0 aliphatic carbocycles. The van der Waals surface area contributed by atoms with Crippen LogP contribution in [0.1, 0.15) is 24.2 Å². The Kier molecular flexibility index (Phi) is 4.60. The number of benzene rings is 1. The lowest BCUT2D eigenvalue weighted by Crippen LogP contribution is -2.33. The van der Waals surface area contributed by atoms with Gasteiger partial charge in [-0.25, -0.2) is 0 Å². The molecular formula is C15H17BrN2O2. The van der Waals surface area contributed by atoms with Crippen LogP contribution in [0.5, 0.6) is 0 Å². The van der Waals surface area contributed by atoms with Crippen molar-refractivity contribution in [3.05, 3.63) is 34.4 Å². The third-order valence-electron chi connectivity index (χ3n) is 3.42. The molecule has 0 unspecified atom stereocenters. The monoisotopic (exact) mass is 336 g/mol. The van der Waals surface area contributed by atoms with Gasteiger partial charge in [0.05, 0.1) is 0 Å². The molecule has 0 aliphatic rings. The summed E-state index contributed by atoms with van der Waals surface area (Å²) < 4.78 is 2.76. The molecule has 0 spiro atoms. The lowest BCUT2D eigenvalue weighted by Gasteiger charge is -2.19. The predicted molar refractivity (Wildman–Crippen MR) is 83.0 cm³/mol. The second-order valence-electron chi connectivity index (χ2n) is 4.56. The first-order valence-electron chi connectivity index (χ1n) is 6.62. The highest BCUT2D eigenvalue weighted by molar-refractivity contribution is 9.10. The summed E-state index contributed by atoms with van der Waals surface area (Å²) in [7, 11) is 0. The third-order valence-corrected chi connectivity index (χ3v) is 3.92. The highest BCUT2D eigenvalue weighted by atomic mass is 79.9. The van der Waals surface area contributed by atoms with Gasteiger partial charge in [0.25, 0.3) is 0 Å². The fourth-order valence-electron chi connectivity index (χ4n) is 2.34. The number of fused-ring (bicyclic) bond motifs is 1. The number of nitrogens with zero attached hydrogens (tertiary/aromatic N) is 2. The Balaban J connectivity index is 2.40. The molecule has 0 fully saturated rings. The standard InChI is InChI=1S/C15H17BrN2O2/c1-3-17(4-2)15(20)9-18-8-11(10-19)13-7-12(16)5-6-14(13)18/h5-8,10H,3-4,9H2,1-2H3. The Bertz CT molecular complexity index is 645. The minimum atomic E-state index is 0.0623. The van der Waals surface area contributed by atoms with Crippen LogP contribution in [0.15, 0.2) is 28.9 Å². The lowest BCUT2D eigenvalue weighted by molar-refractivity contribution is -0.131. The Labute approximate surface area is 126 Å². The summed E-state index contributed by atoms with van der Waals surface area (Å²) in [6, 6.07) is 5.73. The number of likely N-dealkylation sites (N-methyl/N-ethyl adjacent to an activating group) is 1. The van der Waals surface area contributed by atoms with E-state index in [0.29, 0.717) is 18.7 Å². The van der Waals surface area contributed by atoms with E-state index in [1.807, 2.05) is 36.6 Å². The smallest absolute Gasteiger partial charge is 0.242 e. The van der Waals surface area contributed by atoms with Crippen molar-refractivity contribution in [2.75, 3.05) is 13.1 Å². The number of hydrogen-bond donors (Lipinski definition) is 0. The number of hydrogen-bond acceptors (Lipinski definition) is 2. The van der Waals surface area contributed by atoms with Crippen LogP contribution in [-0.2, 0) is 11.3 Å². The second kappa shape index (κ2) is 6.22. The maximum atomic E-state index is 12.2. The van der Waals surface area contributed by atoms with Crippen molar-refractivity contribution in [3.8, 4) is 0 Å². The topological polar surface area (TPSA) is 42.3 Å². The molecule has 1 amide bonds. The van der Waals surface area contributed by atoms with Crippen molar-refractivity contribution in [2.45, 2.75) is 20.4 Å². The summed E-state index contributed by atoms with van der Waals surface area (Å²) in [6.07, 6.45) is 2.57. The van der Waals surface area contributed by atoms with Crippen LogP contribution in [-0.4, -0.2) is 34.7 Å². The molecule has 2 aromatic rings. The molecule has 0 aliphatic heterocycles. The summed E-state index contributed by atoms with van der Waals surface area (Å²) in [5.74, 6) is 0.0623. The fourth-order valence-corrected chi connectivity index (χ4v) is 2.70. The first-order chi connectivity index (χ1) is 9.60. The number of amides is 1. The molecule has 1 aromatic heterocycles. The van der Waals surface area contributed by atoms with E-state index >= 15 is 0 Å². The van der Waals surface area contributed by atoms with Crippen LogP contribution in [0.2, 0.25) is 0 Å². The van der Waals surface area contributed by atoms with E-state index in [4.69, 9.17) is 0 Å². The maximum Gasteiger partial charge on any atom is 0.242 e. The van der Waals surface area contributed by atoms with Gasteiger partial charge in [0.2, 0.25) is 5.91 Å². The van der Waals surface area contributed by atoms with Gasteiger partial charge < -0.3 is 9.47 Å². The van der Waals surface area contributed by atoms with E-state index in [2.05, 4.69) is 15.9 Å². The van der Waals surface area contributed by atoms with Gasteiger partial charge in [-0.1, -0.05) is 15.9 Å². The number of carbonyl (C=O) groups excluding carboxylic acids is 2.